The van der Waals surface area contributed by atoms with Gasteiger partial charge in [0.1, 0.15) is 17.7 Å². The molecule has 10 heteroatoms. The number of rotatable bonds is 13. The Labute approximate surface area is 230 Å². The van der Waals surface area contributed by atoms with Crippen LogP contribution in [0.15, 0.2) is 24.3 Å². The predicted octanol–water partition coefficient (Wildman–Crippen LogP) is 1.29. The van der Waals surface area contributed by atoms with Gasteiger partial charge in [-0.3, -0.25) is 24.0 Å². The van der Waals surface area contributed by atoms with Crippen LogP contribution < -0.4 is 16.0 Å². The molecular weight excluding hydrogens is 500 g/mol. The Hall–Kier alpha value is -3.27. The number of benzene rings is 1. The second-order valence-electron chi connectivity index (χ2n) is 11.2. The molecule has 1 aromatic rings. The highest BCUT2D eigenvalue weighted by Crippen LogP contribution is 2.29. The van der Waals surface area contributed by atoms with Gasteiger partial charge in [-0.1, -0.05) is 45.0 Å². The Balaban J connectivity index is 1.78. The first-order valence-corrected chi connectivity index (χ1v) is 13.8. The molecule has 4 atom stereocenters. The van der Waals surface area contributed by atoms with Crippen molar-refractivity contribution >= 4 is 29.4 Å². The lowest BCUT2D eigenvalue weighted by molar-refractivity contribution is -0.139. The van der Waals surface area contributed by atoms with Crippen molar-refractivity contribution in [2.45, 2.75) is 90.4 Å². The highest BCUT2D eigenvalue weighted by Gasteiger charge is 2.50. The fourth-order valence-corrected chi connectivity index (χ4v) is 4.86. The van der Waals surface area contributed by atoms with Gasteiger partial charge in [0.15, 0.2) is 5.78 Å². The number of carbonyl (C=O) groups excluding carboxylic acids is 5. The second-order valence-corrected chi connectivity index (χ2v) is 11.2. The number of nitrogens with zero attached hydrogens (tertiary/aromatic N) is 1. The van der Waals surface area contributed by atoms with E-state index in [0.29, 0.717) is 32.4 Å². The zero-order valence-electron chi connectivity index (χ0n) is 23.7. The summed E-state index contributed by atoms with van der Waals surface area (Å²) < 4.78 is 5.35. The Morgan fingerprint density at radius 2 is 1.69 bits per heavy atom. The molecule has 0 bridgehead atoms. The molecule has 2 fully saturated rings. The normalized spacial score (nSPS) is 21.7. The minimum absolute atomic E-state index is 0.151. The summed E-state index contributed by atoms with van der Waals surface area (Å²) in [6, 6.07) is 5.40. The van der Waals surface area contributed by atoms with Gasteiger partial charge >= 0.3 is 0 Å². The standard InChI is InChI=1S/C29H42N4O6/c1-6-20-9-11-21(12-10-20)15-23(27(37)31-22(14-18(2)3)26(36)29(5)17-39-29)32-28(38)24-8-7-13-33(24)25(35)16-30-19(4)34/h9-12,18,22-24H,6-8,13-17H2,1-5H3,(H,30,34)(H,31,37)(H,32,38)/t22-,23-,24-,29+/m0/s1. The quantitative estimate of drug-likeness (QED) is 0.321. The predicted molar refractivity (Wildman–Crippen MR) is 146 cm³/mol. The molecule has 0 unspecified atom stereocenters. The summed E-state index contributed by atoms with van der Waals surface area (Å²) in [6.45, 7) is 9.59. The monoisotopic (exact) mass is 542 g/mol. The number of hydrogen-bond acceptors (Lipinski definition) is 6. The van der Waals surface area contributed by atoms with Crippen LogP contribution in [0, 0.1) is 5.92 Å². The average molecular weight is 543 g/mol. The third kappa shape index (κ3) is 8.36. The van der Waals surface area contributed by atoms with E-state index in [1.54, 1.807) is 6.92 Å². The van der Waals surface area contributed by atoms with Crippen LogP contribution in [-0.4, -0.2) is 77.7 Å². The van der Waals surface area contributed by atoms with Gasteiger partial charge < -0.3 is 25.6 Å². The number of Topliss-reactive ketones (excluding diaryl/α,β-unsaturated/α-hetero) is 1. The van der Waals surface area contributed by atoms with Crippen molar-refractivity contribution in [3.8, 4) is 0 Å². The van der Waals surface area contributed by atoms with Gasteiger partial charge in [0.05, 0.1) is 19.2 Å². The van der Waals surface area contributed by atoms with E-state index in [4.69, 9.17) is 4.74 Å². The average Bonchev–Trinajstić information content (AvgIpc) is 3.45. The SMILES string of the molecule is CCc1ccc(C[C@H](NC(=O)[C@@H]2CCCN2C(=O)CNC(C)=O)C(=O)N[C@@H](CC(C)C)C(=O)[C@@]2(C)CO2)cc1. The minimum atomic E-state index is -0.951. The first-order valence-electron chi connectivity index (χ1n) is 13.8. The van der Waals surface area contributed by atoms with Gasteiger partial charge in [-0.05, 0) is 49.7 Å². The molecule has 2 aliphatic rings. The Morgan fingerprint density at radius 3 is 2.26 bits per heavy atom. The number of ketones is 1. The number of amides is 4. The van der Waals surface area contributed by atoms with Gasteiger partial charge in [-0.2, -0.15) is 0 Å². The van der Waals surface area contributed by atoms with Gasteiger partial charge in [-0.25, -0.2) is 0 Å². The summed E-state index contributed by atoms with van der Waals surface area (Å²) in [7, 11) is 0. The van der Waals surface area contributed by atoms with Gasteiger partial charge in [-0.15, -0.1) is 0 Å². The Kier molecular flexibility index (Phi) is 10.2. The molecule has 3 rings (SSSR count). The second kappa shape index (κ2) is 13.2. The van der Waals surface area contributed by atoms with Gasteiger partial charge in [0.2, 0.25) is 23.6 Å². The van der Waals surface area contributed by atoms with Crippen molar-refractivity contribution in [1.29, 1.82) is 0 Å². The van der Waals surface area contributed by atoms with Crippen LogP contribution in [0.4, 0.5) is 0 Å². The highest BCUT2D eigenvalue weighted by molar-refractivity contribution is 5.98. The Bertz CT molecular complexity index is 1070. The van der Waals surface area contributed by atoms with Crippen molar-refractivity contribution in [3.63, 3.8) is 0 Å². The van der Waals surface area contributed by atoms with Crippen molar-refractivity contribution in [2.24, 2.45) is 5.92 Å². The van der Waals surface area contributed by atoms with Gasteiger partial charge in [0, 0.05) is 19.9 Å². The van der Waals surface area contributed by atoms with Crippen molar-refractivity contribution in [1.82, 2.24) is 20.9 Å². The number of aryl methyl sites for hydroxylation is 1. The van der Waals surface area contributed by atoms with Crippen LogP contribution in [0.3, 0.4) is 0 Å². The lowest BCUT2D eigenvalue weighted by Crippen LogP contribution is -2.57. The van der Waals surface area contributed by atoms with E-state index in [1.165, 1.54) is 11.8 Å². The summed E-state index contributed by atoms with van der Waals surface area (Å²) in [4.78, 5) is 65.5. The maximum absolute atomic E-state index is 13.6. The van der Waals surface area contributed by atoms with Crippen LogP contribution in [0.1, 0.15) is 65.0 Å². The summed E-state index contributed by atoms with van der Waals surface area (Å²) in [6.07, 6.45) is 2.66. The fraction of sp³-hybridized carbons (Fsp3) is 0.621. The van der Waals surface area contributed by atoms with Crippen LogP contribution in [0.25, 0.3) is 0 Å². The van der Waals surface area contributed by atoms with E-state index in [2.05, 4.69) is 22.9 Å². The van der Waals surface area contributed by atoms with Crippen LogP contribution >= 0.6 is 0 Å². The van der Waals surface area contributed by atoms with E-state index in [-0.39, 0.29) is 36.5 Å². The number of ether oxygens (including phenoxy) is 1. The van der Waals surface area contributed by atoms with E-state index >= 15 is 0 Å². The molecule has 1 aromatic carbocycles. The molecule has 0 saturated carbocycles. The van der Waals surface area contributed by atoms with Crippen LogP contribution in [-0.2, 0) is 41.6 Å². The van der Waals surface area contributed by atoms with Crippen LogP contribution in [0.5, 0.6) is 0 Å². The van der Waals surface area contributed by atoms with E-state index < -0.39 is 35.5 Å². The van der Waals surface area contributed by atoms with Crippen molar-refractivity contribution < 1.29 is 28.7 Å². The summed E-state index contributed by atoms with van der Waals surface area (Å²) in [5.41, 5.74) is 1.13. The minimum Gasteiger partial charge on any atom is -0.361 e. The number of hydrogen-bond donors (Lipinski definition) is 3. The third-order valence-electron chi connectivity index (χ3n) is 7.31. The fourth-order valence-electron chi connectivity index (χ4n) is 4.86. The van der Waals surface area contributed by atoms with E-state index in [0.717, 1.165) is 17.5 Å². The summed E-state index contributed by atoms with van der Waals surface area (Å²) in [5.74, 6) is -1.59. The molecule has 2 saturated heterocycles. The molecule has 2 heterocycles. The first kappa shape index (κ1) is 30.3. The lowest BCUT2D eigenvalue weighted by Gasteiger charge is -2.28. The number of nitrogens with one attached hydrogen (secondary N) is 3. The van der Waals surface area contributed by atoms with Crippen molar-refractivity contribution in [3.05, 3.63) is 35.4 Å². The molecule has 39 heavy (non-hydrogen) atoms. The molecule has 3 N–H and O–H groups in total. The molecular formula is C29H42N4O6. The molecule has 10 nitrogen and oxygen atoms in total. The number of carbonyl (C=O) groups is 5. The molecule has 214 valence electrons. The number of likely N-dealkylation sites (tertiary alicyclic amines) is 1. The molecule has 0 spiro atoms. The van der Waals surface area contributed by atoms with Crippen molar-refractivity contribution in [2.75, 3.05) is 19.7 Å². The summed E-state index contributed by atoms with van der Waals surface area (Å²) >= 11 is 0. The lowest BCUT2D eigenvalue weighted by atomic mass is 9.93. The van der Waals surface area contributed by atoms with Gasteiger partial charge in [0.25, 0.3) is 0 Å². The smallest absolute Gasteiger partial charge is 0.243 e. The zero-order chi connectivity index (χ0) is 28.7. The zero-order valence-corrected chi connectivity index (χ0v) is 23.7. The maximum Gasteiger partial charge on any atom is 0.243 e. The third-order valence-corrected chi connectivity index (χ3v) is 7.31. The Morgan fingerprint density at radius 1 is 1.05 bits per heavy atom. The largest absolute Gasteiger partial charge is 0.361 e. The highest BCUT2D eigenvalue weighted by atomic mass is 16.6. The number of epoxide rings is 1. The van der Waals surface area contributed by atoms with E-state index in [1.807, 2.05) is 38.1 Å². The first-order chi connectivity index (χ1) is 18.4. The van der Waals surface area contributed by atoms with Crippen LogP contribution in [0.2, 0.25) is 0 Å². The van der Waals surface area contributed by atoms with E-state index in [9.17, 15) is 24.0 Å². The molecule has 2 aliphatic heterocycles. The molecule has 0 aromatic heterocycles. The molecule has 4 amide bonds. The summed E-state index contributed by atoms with van der Waals surface area (Å²) in [5, 5.41) is 8.23. The maximum atomic E-state index is 13.6. The molecule has 0 radical (unpaired) electrons. The topological polar surface area (TPSA) is 137 Å². The molecule has 0 aliphatic carbocycles.